The molecule has 6 heteroatoms. The van der Waals surface area contributed by atoms with E-state index in [9.17, 15) is 8.78 Å². The SMILES string of the molecule is FC(F)c1ccc(-c2noc(Cl)n2)cc1. The Balaban J connectivity index is 2.31. The Kier molecular flexibility index (Phi) is 2.64. The molecule has 2 aromatic rings. The lowest BCUT2D eigenvalue weighted by atomic mass is 10.1. The van der Waals surface area contributed by atoms with E-state index in [0.717, 1.165) is 0 Å². The average molecular weight is 231 g/mol. The molecule has 1 aromatic carbocycles. The zero-order valence-electron chi connectivity index (χ0n) is 7.32. The zero-order valence-corrected chi connectivity index (χ0v) is 8.08. The van der Waals surface area contributed by atoms with Crippen molar-refractivity contribution in [2.75, 3.05) is 0 Å². The summed E-state index contributed by atoms with van der Waals surface area (Å²) in [4.78, 5) is 3.76. The van der Waals surface area contributed by atoms with Gasteiger partial charge in [0.25, 0.3) is 6.43 Å². The molecule has 0 saturated carbocycles. The number of hydrogen-bond acceptors (Lipinski definition) is 3. The van der Waals surface area contributed by atoms with Crippen molar-refractivity contribution in [3.63, 3.8) is 0 Å². The lowest BCUT2D eigenvalue weighted by molar-refractivity contribution is 0.151. The third kappa shape index (κ3) is 2.12. The van der Waals surface area contributed by atoms with Gasteiger partial charge in [-0.2, -0.15) is 4.98 Å². The lowest BCUT2D eigenvalue weighted by Gasteiger charge is -1.99. The van der Waals surface area contributed by atoms with Crippen molar-refractivity contribution in [2.24, 2.45) is 0 Å². The summed E-state index contributed by atoms with van der Waals surface area (Å²) in [6.45, 7) is 0. The fourth-order valence-electron chi connectivity index (χ4n) is 1.10. The molecule has 1 heterocycles. The van der Waals surface area contributed by atoms with Crippen molar-refractivity contribution in [3.8, 4) is 11.4 Å². The van der Waals surface area contributed by atoms with Crippen molar-refractivity contribution in [2.45, 2.75) is 6.43 Å². The molecule has 3 nitrogen and oxygen atoms in total. The summed E-state index contributed by atoms with van der Waals surface area (Å²) in [7, 11) is 0. The number of nitrogens with zero attached hydrogens (tertiary/aromatic N) is 2. The van der Waals surface area contributed by atoms with Gasteiger partial charge in [-0.3, -0.25) is 0 Å². The van der Waals surface area contributed by atoms with Crippen LogP contribution in [0.1, 0.15) is 12.0 Å². The van der Waals surface area contributed by atoms with Crippen LogP contribution >= 0.6 is 11.6 Å². The maximum absolute atomic E-state index is 12.2. The van der Waals surface area contributed by atoms with Gasteiger partial charge < -0.3 is 4.52 Å². The summed E-state index contributed by atoms with van der Waals surface area (Å²) in [5.41, 5.74) is 0.531. The number of alkyl halides is 2. The van der Waals surface area contributed by atoms with Crippen LogP contribution in [0.3, 0.4) is 0 Å². The number of benzene rings is 1. The maximum Gasteiger partial charge on any atom is 0.320 e. The minimum atomic E-state index is -2.48. The molecule has 0 N–H and O–H groups in total. The van der Waals surface area contributed by atoms with Gasteiger partial charge in [0.1, 0.15) is 0 Å². The fraction of sp³-hybridized carbons (Fsp3) is 0.111. The van der Waals surface area contributed by atoms with Crippen LogP contribution in [0.15, 0.2) is 28.8 Å². The molecule has 0 fully saturated rings. The van der Waals surface area contributed by atoms with Crippen molar-refractivity contribution in [1.29, 1.82) is 0 Å². The monoisotopic (exact) mass is 230 g/mol. The standard InChI is InChI=1S/C9H5ClF2N2O/c10-9-13-8(14-15-9)6-3-1-5(2-4-6)7(11)12/h1-4,7H. The highest BCUT2D eigenvalue weighted by Gasteiger charge is 2.09. The van der Waals surface area contributed by atoms with Gasteiger partial charge in [-0.05, 0) is 11.6 Å². The van der Waals surface area contributed by atoms with Crippen LogP contribution < -0.4 is 0 Å². The molecule has 0 aliphatic rings. The molecule has 0 aliphatic carbocycles. The molecule has 1 aromatic heterocycles. The molecule has 0 unspecified atom stereocenters. The quantitative estimate of drug-likeness (QED) is 0.794. The fourth-order valence-corrected chi connectivity index (χ4v) is 1.21. The van der Waals surface area contributed by atoms with E-state index < -0.39 is 6.43 Å². The van der Waals surface area contributed by atoms with Crippen molar-refractivity contribution in [1.82, 2.24) is 10.1 Å². The molecule has 0 saturated heterocycles. The Bertz CT molecular complexity index is 455. The second-order valence-corrected chi connectivity index (χ2v) is 3.12. The number of aromatic nitrogens is 2. The lowest BCUT2D eigenvalue weighted by Crippen LogP contribution is -1.85. The van der Waals surface area contributed by atoms with Gasteiger partial charge in [-0.15, -0.1) is 0 Å². The first-order valence-electron chi connectivity index (χ1n) is 4.04. The number of halogens is 3. The normalized spacial score (nSPS) is 10.9. The molecule has 0 aliphatic heterocycles. The van der Waals surface area contributed by atoms with Crippen LogP contribution in [0.5, 0.6) is 0 Å². The predicted molar refractivity (Wildman–Crippen MR) is 49.7 cm³/mol. The molecule has 0 spiro atoms. The maximum atomic E-state index is 12.2. The van der Waals surface area contributed by atoms with Crippen LogP contribution in [0.2, 0.25) is 5.35 Å². The molecule has 0 amide bonds. The molecule has 0 radical (unpaired) electrons. The molecule has 15 heavy (non-hydrogen) atoms. The van der Waals surface area contributed by atoms with Crippen molar-refractivity contribution < 1.29 is 13.3 Å². The first-order chi connectivity index (χ1) is 7.16. The largest absolute Gasteiger partial charge is 0.321 e. The van der Waals surface area contributed by atoms with Gasteiger partial charge in [0.05, 0.1) is 0 Å². The third-order valence-electron chi connectivity index (χ3n) is 1.82. The minimum Gasteiger partial charge on any atom is -0.321 e. The smallest absolute Gasteiger partial charge is 0.320 e. The summed E-state index contributed by atoms with van der Waals surface area (Å²) in [6, 6.07) is 5.60. The van der Waals surface area contributed by atoms with Crippen molar-refractivity contribution >= 4 is 11.6 Å². The van der Waals surface area contributed by atoms with E-state index >= 15 is 0 Å². The molecular formula is C9H5ClF2N2O. The number of hydrogen-bond donors (Lipinski definition) is 0. The van der Waals surface area contributed by atoms with Gasteiger partial charge >= 0.3 is 5.35 Å². The van der Waals surface area contributed by atoms with E-state index in [4.69, 9.17) is 11.6 Å². The van der Waals surface area contributed by atoms with Gasteiger partial charge in [0.2, 0.25) is 5.82 Å². The van der Waals surface area contributed by atoms with Crippen LogP contribution in [0.4, 0.5) is 8.78 Å². The second-order valence-electron chi connectivity index (χ2n) is 2.79. The third-order valence-corrected chi connectivity index (χ3v) is 1.98. The van der Waals surface area contributed by atoms with Gasteiger partial charge in [0.15, 0.2) is 0 Å². The Hall–Kier alpha value is -1.49. The van der Waals surface area contributed by atoms with Crippen LogP contribution in [-0.2, 0) is 0 Å². The van der Waals surface area contributed by atoms with E-state index in [-0.39, 0.29) is 16.7 Å². The highest BCUT2D eigenvalue weighted by atomic mass is 35.5. The second kappa shape index (κ2) is 3.94. The van der Waals surface area contributed by atoms with E-state index in [0.29, 0.717) is 5.56 Å². The highest BCUT2D eigenvalue weighted by Crippen LogP contribution is 2.23. The molecule has 78 valence electrons. The van der Waals surface area contributed by atoms with E-state index in [1.807, 2.05) is 0 Å². The highest BCUT2D eigenvalue weighted by molar-refractivity contribution is 6.27. The van der Waals surface area contributed by atoms with E-state index in [1.54, 1.807) is 0 Å². The van der Waals surface area contributed by atoms with Crippen LogP contribution in [0, 0.1) is 0 Å². The van der Waals surface area contributed by atoms with Crippen LogP contribution in [-0.4, -0.2) is 10.1 Å². The van der Waals surface area contributed by atoms with Crippen LogP contribution in [0.25, 0.3) is 11.4 Å². The summed E-state index contributed by atoms with van der Waals surface area (Å²) < 4.78 is 29.0. The Morgan fingerprint density at radius 3 is 2.33 bits per heavy atom. The van der Waals surface area contributed by atoms with Crippen molar-refractivity contribution in [3.05, 3.63) is 35.2 Å². The van der Waals surface area contributed by atoms with E-state index in [1.165, 1.54) is 24.3 Å². The summed E-state index contributed by atoms with van der Waals surface area (Å²) in [5, 5.41) is 3.47. The Morgan fingerprint density at radius 2 is 1.87 bits per heavy atom. The van der Waals surface area contributed by atoms with E-state index in [2.05, 4.69) is 14.7 Å². The number of rotatable bonds is 2. The first-order valence-corrected chi connectivity index (χ1v) is 4.42. The molecule has 0 bridgehead atoms. The predicted octanol–water partition coefficient (Wildman–Crippen LogP) is 3.33. The molecule has 0 atom stereocenters. The Morgan fingerprint density at radius 1 is 1.20 bits per heavy atom. The average Bonchev–Trinajstić information content (AvgIpc) is 2.65. The summed E-state index contributed by atoms with van der Waals surface area (Å²) in [6.07, 6.45) is -2.48. The Labute approximate surface area is 88.7 Å². The first kappa shape index (κ1) is 10.0. The summed E-state index contributed by atoms with van der Waals surface area (Å²) in [5.74, 6) is 0.279. The topological polar surface area (TPSA) is 38.9 Å². The van der Waals surface area contributed by atoms with Gasteiger partial charge in [-0.25, -0.2) is 8.78 Å². The van der Waals surface area contributed by atoms with Gasteiger partial charge in [-0.1, -0.05) is 29.4 Å². The van der Waals surface area contributed by atoms with Gasteiger partial charge in [0, 0.05) is 11.1 Å². The molecule has 2 rings (SSSR count). The minimum absolute atomic E-state index is 0.0478. The summed E-state index contributed by atoms with van der Waals surface area (Å²) >= 11 is 5.43. The zero-order chi connectivity index (χ0) is 10.8. The molecular weight excluding hydrogens is 226 g/mol.